The Bertz CT molecular complexity index is 563. The summed E-state index contributed by atoms with van der Waals surface area (Å²) in [6, 6.07) is 7.89. The number of nitriles is 1. The maximum Gasteiger partial charge on any atom is 0.0994 e. The van der Waals surface area contributed by atoms with Crippen molar-refractivity contribution >= 4 is 5.69 Å². The fourth-order valence-corrected chi connectivity index (χ4v) is 1.65. The molecule has 0 unspecified atom stereocenters. The maximum absolute atomic E-state index is 8.84. The van der Waals surface area contributed by atoms with Crippen molar-refractivity contribution in [2.45, 2.75) is 13.5 Å². The van der Waals surface area contributed by atoms with Crippen LogP contribution in [0.1, 0.15) is 16.8 Å². The third kappa shape index (κ3) is 2.45. The molecule has 2 rings (SSSR count). The van der Waals surface area contributed by atoms with Crippen LogP contribution in [-0.2, 0) is 13.6 Å². The third-order valence-electron chi connectivity index (χ3n) is 2.74. The minimum Gasteiger partial charge on any atom is -0.379 e. The van der Waals surface area contributed by atoms with Gasteiger partial charge in [0, 0.05) is 18.9 Å². The Morgan fingerprint density at radius 1 is 1.47 bits per heavy atom. The topological polar surface area (TPSA) is 53.6 Å². The predicted molar refractivity (Wildman–Crippen MR) is 66.4 cm³/mol. The molecule has 0 bridgehead atoms. The second-order valence-electron chi connectivity index (χ2n) is 3.99. The van der Waals surface area contributed by atoms with Crippen LogP contribution in [0.15, 0.2) is 30.7 Å². The Morgan fingerprint density at radius 3 is 2.88 bits per heavy atom. The molecule has 0 atom stereocenters. The van der Waals surface area contributed by atoms with Crippen molar-refractivity contribution in [2.24, 2.45) is 7.05 Å². The number of aryl methyl sites for hydroxylation is 2. The van der Waals surface area contributed by atoms with E-state index in [1.165, 1.54) is 0 Å². The molecule has 0 aliphatic rings. The number of nitrogens with zero attached hydrogens (tertiary/aromatic N) is 3. The molecule has 0 amide bonds. The zero-order chi connectivity index (χ0) is 12.3. The molecule has 0 saturated heterocycles. The summed E-state index contributed by atoms with van der Waals surface area (Å²) >= 11 is 0. The average molecular weight is 226 g/mol. The van der Waals surface area contributed by atoms with Crippen LogP contribution < -0.4 is 5.32 Å². The summed E-state index contributed by atoms with van der Waals surface area (Å²) in [5.41, 5.74) is 3.84. The van der Waals surface area contributed by atoms with Crippen LogP contribution in [0.2, 0.25) is 0 Å². The molecule has 4 nitrogen and oxygen atoms in total. The van der Waals surface area contributed by atoms with Gasteiger partial charge >= 0.3 is 0 Å². The summed E-state index contributed by atoms with van der Waals surface area (Å²) in [6.07, 6.45) is 3.62. The van der Waals surface area contributed by atoms with Crippen LogP contribution in [0.5, 0.6) is 0 Å². The highest BCUT2D eigenvalue weighted by molar-refractivity contribution is 5.51. The first-order chi connectivity index (χ1) is 8.20. The van der Waals surface area contributed by atoms with E-state index >= 15 is 0 Å². The Morgan fingerprint density at radius 2 is 2.29 bits per heavy atom. The first-order valence-corrected chi connectivity index (χ1v) is 5.40. The first kappa shape index (κ1) is 11.2. The van der Waals surface area contributed by atoms with E-state index in [9.17, 15) is 0 Å². The number of benzene rings is 1. The summed E-state index contributed by atoms with van der Waals surface area (Å²) in [7, 11) is 1.97. The van der Waals surface area contributed by atoms with Crippen LogP contribution in [0.4, 0.5) is 5.69 Å². The van der Waals surface area contributed by atoms with Gasteiger partial charge in [-0.05, 0) is 30.7 Å². The van der Waals surface area contributed by atoms with Crippen molar-refractivity contribution in [3.05, 3.63) is 47.5 Å². The van der Waals surface area contributed by atoms with Gasteiger partial charge in [-0.1, -0.05) is 0 Å². The molecular weight excluding hydrogens is 212 g/mol. The molecule has 0 saturated carbocycles. The number of aromatic nitrogens is 2. The molecule has 1 aromatic heterocycles. The highest BCUT2D eigenvalue weighted by atomic mass is 15.0. The van der Waals surface area contributed by atoms with E-state index in [0.717, 1.165) is 29.1 Å². The molecule has 0 radical (unpaired) electrons. The number of nitrogens with one attached hydrogen (secondary N) is 1. The predicted octanol–water partition coefficient (Wildman–Crippen LogP) is 2.21. The fourth-order valence-electron chi connectivity index (χ4n) is 1.65. The molecule has 86 valence electrons. The molecule has 0 spiro atoms. The molecule has 4 heteroatoms. The first-order valence-electron chi connectivity index (χ1n) is 5.40. The zero-order valence-electron chi connectivity index (χ0n) is 9.94. The van der Waals surface area contributed by atoms with Crippen LogP contribution in [-0.4, -0.2) is 9.55 Å². The Balaban J connectivity index is 2.08. The van der Waals surface area contributed by atoms with Crippen LogP contribution >= 0.6 is 0 Å². The number of hydrogen-bond acceptors (Lipinski definition) is 3. The van der Waals surface area contributed by atoms with Crippen molar-refractivity contribution in [3.63, 3.8) is 0 Å². The summed E-state index contributed by atoms with van der Waals surface area (Å²) < 4.78 is 1.98. The summed E-state index contributed by atoms with van der Waals surface area (Å²) in [5, 5.41) is 12.2. The van der Waals surface area contributed by atoms with Crippen LogP contribution in [0, 0.1) is 18.3 Å². The molecule has 17 heavy (non-hydrogen) atoms. The molecule has 2 aromatic rings. The average Bonchev–Trinajstić information content (AvgIpc) is 2.72. The van der Waals surface area contributed by atoms with Gasteiger partial charge < -0.3 is 9.88 Å². The van der Waals surface area contributed by atoms with Crippen molar-refractivity contribution < 1.29 is 0 Å². The Kier molecular flexibility index (Phi) is 3.10. The van der Waals surface area contributed by atoms with Crippen LogP contribution in [0.3, 0.4) is 0 Å². The quantitative estimate of drug-likeness (QED) is 0.873. The molecule has 1 aromatic carbocycles. The highest BCUT2D eigenvalue weighted by Gasteiger charge is 2.01. The van der Waals surface area contributed by atoms with E-state index in [-0.39, 0.29) is 0 Å². The van der Waals surface area contributed by atoms with Gasteiger partial charge in [0.15, 0.2) is 0 Å². The van der Waals surface area contributed by atoms with Crippen molar-refractivity contribution in [2.75, 3.05) is 5.32 Å². The SMILES string of the molecule is Cc1cc(NCc2cncn2C)ccc1C#N. The lowest BCUT2D eigenvalue weighted by Gasteiger charge is -2.08. The lowest BCUT2D eigenvalue weighted by Crippen LogP contribution is -2.04. The van der Waals surface area contributed by atoms with Gasteiger partial charge in [0.05, 0.1) is 30.2 Å². The van der Waals surface area contributed by atoms with Gasteiger partial charge in [0.2, 0.25) is 0 Å². The fraction of sp³-hybridized carbons (Fsp3) is 0.231. The molecule has 0 fully saturated rings. The van der Waals surface area contributed by atoms with E-state index in [0.29, 0.717) is 0 Å². The van der Waals surface area contributed by atoms with Gasteiger partial charge in [0.1, 0.15) is 0 Å². The van der Waals surface area contributed by atoms with E-state index in [4.69, 9.17) is 5.26 Å². The smallest absolute Gasteiger partial charge is 0.0994 e. The van der Waals surface area contributed by atoms with E-state index in [1.807, 2.05) is 42.9 Å². The summed E-state index contributed by atoms with van der Waals surface area (Å²) in [6.45, 7) is 2.66. The monoisotopic (exact) mass is 226 g/mol. The largest absolute Gasteiger partial charge is 0.379 e. The summed E-state index contributed by atoms with van der Waals surface area (Å²) in [4.78, 5) is 4.06. The summed E-state index contributed by atoms with van der Waals surface area (Å²) in [5.74, 6) is 0. The van der Waals surface area contributed by atoms with Crippen molar-refractivity contribution in [1.82, 2.24) is 9.55 Å². The zero-order valence-corrected chi connectivity index (χ0v) is 9.94. The number of rotatable bonds is 3. The van der Waals surface area contributed by atoms with Crippen molar-refractivity contribution in [1.29, 1.82) is 5.26 Å². The van der Waals surface area contributed by atoms with E-state index in [1.54, 1.807) is 6.33 Å². The molecular formula is C13H14N4. The van der Waals surface area contributed by atoms with Gasteiger partial charge in [-0.15, -0.1) is 0 Å². The highest BCUT2D eigenvalue weighted by Crippen LogP contribution is 2.15. The standard InChI is InChI=1S/C13H14N4/c1-10-5-12(4-3-11(10)6-14)16-8-13-7-15-9-17(13)2/h3-5,7,9,16H,8H2,1-2H3. The lowest BCUT2D eigenvalue weighted by molar-refractivity contribution is 0.837. The second-order valence-corrected chi connectivity index (χ2v) is 3.99. The number of anilines is 1. The molecule has 0 aliphatic heterocycles. The molecule has 1 heterocycles. The van der Waals surface area contributed by atoms with E-state index in [2.05, 4.69) is 16.4 Å². The molecule has 0 aliphatic carbocycles. The maximum atomic E-state index is 8.84. The normalized spacial score (nSPS) is 9.94. The second kappa shape index (κ2) is 4.71. The van der Waals surface area contributed by atoms with E-state index < -0.39 is 0 Å². The van der Waals surface area contributed by atoms with Crippen molar-refractivity contribution in [3.8, 4) is 6.07 Å². The lowest BCUT2D eigenvalue weighted by atomic mass is 10.1. The van der Waals surface area contributed by atoms with Gasteiger partial charge in [-0.2, -0.15) is 5.26 Å². The number of imidazole rings is 1. The minimum absolute atomic E-state index is 0.719. The van der Waals surface area contributed by atoms with Gasteiger partial charge in [-0.25, -0.2) is 4.98 Å². The minimum atomic E-state index is 0.719. The van der Waals surface area contributed by atoms with Crippen LogP contribution in [0.25, 0.3) is 0 Å². The third-order valence-corrected chi connectivity index (χ3v) is 2.74. The number of hydrogen-bond donors (Lipinski definition) is 1. The van der Waals surface area contributed by atoms with Gasteiger partial charge in [-0.3, -0.25) is 0 Å². The molecule has 1 N–H and O–H groups in total. The Labute approximate surface area is 101 Å². The Hall–Kier alpha value is -2.28. The van der Waals surface area contributed by atoms with Gasteiger partial charge in [0.25, 0.3) is 0 Å².